The van der Waals surface area contributed by atoms with Crippen LogP contribution in [0.5, 0.6) is 6.01 Å². The number of aryl methyl sites for hydroxylation is 2. The standard InChI is InChI=1S/C54H79N13O7/c1-30(55-9)44(68)61-42(53(3,4)5)48(72)66-28-34(26-40(66)46(70)59-38-24-16-20-32-18-12-14-22-36(32)38)57-50-63-51(65-52(64-50)74-11)58-35-27-41(47(71)60-39-25-17-21-33-19-13-15-23-37(33)39)67(29-35)49(73)43(54(6,7)8)62-45(69)31(2)56-10/h12-15,18-19,22-23,30-31,34-35,38-43,55-56H,16-17,20-21,24-29H2,1-11H3,(H,59,70)(H,60,71)(H,61,68)(H,62,69)(H2,57,58,63,64,65)/t30-,31-,34-,35-,38+,39+,40-,41-,42+,43?/m0/s1. The van der Waals surface area contributed by atoms with E-state index in [1.165, 1.54) is 18.2 Å². The molecule has 4 aliphatic rings. The maximum atomic E-state index is 14.8. The van der Waals surface area contributed by atoms with Crippen LogP contribution in [0.2, 0.25) is 0 Å². The van der Waals surface area contributed by atoms with Crippen LogP contribution in [0.3, 0.4) is 0 Å². The summed E-state index contributed by atoms with van der Waals surface area (Å²) in [6.45, 7) is 14.9. The largest absolute Gasteiger partial charge is 0.467 e. The van der Waals surface area contributed by atoms with Crippen LogP contribution in [-0.4, -0.2) is 143 Å². The number of likely N-dealkylation sites (tertiary alicyclic amines) is 2. The number of fused-ring (bicyclic) bond motifs is 2. The van der Waals surface area contributed by atoms with Gasteiger partial charge in [0.15, 0.2) is 0 Å². The van der Waals surface area contributed by atoms with E-state index in [-0.39, 0.29) is 79.6 Å². The second-order valence-corrected chi connectivity index (χ2v) is 22.6. The first-order valence-corrected chi connectivity index (χ1v) is 26.3. The number of ether oxygens (including phenoxy) is 1. The summed E-state index contributed by atoms with van der Waals surface area (Å²) < 4.78 is 5.57. The second-order valence-electron chi connectivity index (χ2n) is 22.6. The third-order valence-electron chi connectivity index (χ3n) is 15.1. The number of nitrogens with zero attached hydrogens (tertiary/aromatic N) is 5. The fraction of sp³-hybridized carbons (Fsp3) is 0.611. The molecule has 7 rings (SSSR count). The number of benzene rings is 2. The van der Waals surface area contributed by atoms with E-state index in [2.05, 4.69) is 64.6 Å². The number of aromatic nitrogens is 3. The summed E-state index contributed by atoms with van der Waals surface area (Å²) in [5.41, 5.74) is 3.06. The molecule has 1 unspecified atom stereocenters. The topological polar surface area (TPSA) is 253 Å². The van der Waals surface area contributed by atoms with E-state index in [4.69, 9.17) is 9.72 Å². The first-order valence-electron chi connectivity index (χ1n) is 26.3. The lowest BCUT2D eigenvalue weighted by molar-refractivity contribution is -0.144. The van der Waals surface area contributed by atoms with Gasteiger partial charge >= 0.3 is 6.01 Å². The number of hydrogen-bond donors (Lipinski definition) is 8. The van der Waals surface area contributed by atoms with Crippen molar-refractivity contribution in [2.45, 2.75) is 167 Å². The summed E-state index contributed by atoms with van der Waals surface area (Å²) in [6.07, 6.45) is 5.55. The van der Waals surface area contributed by atoms with Crippen molar-refractivity contribution in [3.63, 3.8) is 0 Å². The number of carbonyl (C=O) groups is 6. The SMILES string of the molecule is CN[C@@H](C)C(=O)NC(C(=O)N1C[C@@H](Nc2nc(N[C@H]3C[C@@H](C(=O)N[C@@H]4CCCc5ccccc54)N(C(=O)[C@@H](NC(=O)[C@H](C)NC)C(C)(C)C)C3)nc(OC)n2)C[C@H]1C(=O)N[C@@H]1CCCc2ccccc21)C(C)(C)C. The number of carbonyl (C=O) groups excluding carboxylic acids is 6. The fourth-order valence-corrected chi connectivity index (χ4v) is 10.6. The predicted molar refractivity (Wildman–Crippen MR) is 282 cm³/mol. The van der Waals surface area contributed by atoms with Gasteiger partial charge in [0.1, 0.15) is 24.2 Å². The molecule has 74 heavy (non-hydrogen) atoms. The Bertz CT molecular complexity index is 2360. The fourth-order valence-electron chi connectivity index (χ4n) is 10.6. The molecule has 3 heterocycles. The van der Waals surface area contributed by atoms with Gasteiger partial charge < -0.3 is 57.1 Å². The molecule has 2 fully saturated rings. The summed E-state index contributed by atoms with van der Waals surface area (Å²) >= 11 is 0. The van der Waals surface area contributed by atoms with Crippen molar-refractivity contribution in [3.8, 4) is 6.01 Å². The van der Waals surface area contributed by atoms with Gasteiger partial charge in [-0.2, -0.15) is 15.0 Å². The van der Waals surface area contributed by atoms with Gasteiger partial charge in [-0.3, -0.25) is 28.8 Å². The highest BCUT2D eigenvalue weighted by Crippen LogP contribution is 2.34. The van der Waals surface area contributed by atoms with E-state index in [0.29, 0.717) is 0 Å². The van der Waals surface area contributed by atoms with Crippen LogP contribution in [-0.2, 0) is 41.6 Å². The average Bonchev–Trinajstić information content (AvgIpc) is 4.00. The van der Waals surface area contributed by atoms with E-state index >= 15 is 0 Å². The third-order valence-corrected chi connectivity index (χ3v) is 15.1. The molecule has 2 aliphatic carbocycles. The molecule has 8 N–H and O–H groups in total. The number of rotatable bonds is 17. The highest BCUT2D eigenvalue weighted by Gasteiger charge is 2.48. The zero-order valence-corrected chi connectivity index (χ0v) is 45.1. The van der Waals surface area contributed by atoms with Crippen molar-refractivity contribution in [1.29, 1.82) is 0 Å². The molecule has 10 atom stereocenters. The van der Waals surface area contributed by atoms with Crippen LogP contribution in [0.1, 0.15) is 128 Å². The minimum absolute atomic E-state index is 0.0271. The number of amides is 6. The van der Waals surface area contributed by atoms with Gasteiger partial charge in [0, 0.05) is 25.2 Å². The van der Waals surface area contributed by atoms with Crippen molar-refractivity contribution < 1.29 is 33.5 Å². The molecule has 2 saturated heterocycles. The lowest BCUT2D eigenvalue weighted by atomic mass is 9.85. The molecule has 402 valence electrons. The quantitative estimate of drug-likeness (QED) is 0.0967. The van der Waals surface area contributed by atoms with E-state index in [9.17, 15) is 28.8 Å². The van der Waals surface area contributed by atoms with Gasteiger partial charge in [0.25, 0.3) is 0 Å². The molecule has 0 saturated carbocycles. The Kier molecular flexibility index (Phi) is 17.5. The molecule has 20 nitrogen and oxygen atoms in total. The van der Waals surface area contributed by atoms with Crippen molar-refractivity contribution in [1.82, 2.24) is 56.7 Å². The number of anilines is 2. The monoisotopic (exact) mass is 1020 g/mol. The van der Waals surface area contributed by atoms with E-state index in [1.54, 1.807) is 37.7 Å². The van der Waals surface area contributed by atoms with Gasteiger partial charge in [0.05, 0.1) is 31.3 Å². The van der Waals surface area contributed by atoms with Crippen molar-refractivity contribution >= 4 is 47.3 Å². The normalized spacial score (nSPS) is 23.2. The molecule has 20 heteroatoms. The van der Waals surface area contributed by atoms with Crippen molar-refractivity contribution in [2.24, 2.45) is 10.8 Å². The number of nitrogens with one attached hydrogen (secondary N) is 8. The van der Waals surface area contributed by atoms with Gasteiger partial charge in [-0.05, 0) is 112 Å². The summed E-state index contributed by atoms with van der Waals surface area (Å²) in [6, 6.07) is 9.75. The maximum Gasteiger partial charge on any atom is 0.322 e. The highest BCUT2D eigenvalue weighted by atomic mass is 16.5. The molecule has 0 bridgehead atoms. The Morgan fingerprint density at radius 3 is 1.36 bits per heavy atom. The predicted octanol–water partition coefficient (Wildman–Crippen LogP) is 3.31. The molecule has 2 aromatic carbocycles. The van der Waals surface area contributed by atoms with Crippen LogP contribution in [0.25, 0.3) is 0 Å². The number of likely N-dealkylation sites (N-methyl/N-ethyl adjacent to an activating group) is 2. The molecular formula is C54H79N13O7. The van der Waals surface area contributed by atoms with Gasteiger partial charge in [-0.15, -0.1) is 0 Å². The molecule has 1 aromatic heterocycles. The number of methoxy groups -OCH3 is 1. The first kappa shape index (κ1) is 55.3. The summed E-state index contributed by atoms with van der Waals surface area (Å²) in [5, 5.41) is 25.1. The molecule has 0 radical (unpaired) electrons. The lowest BCUT2D eigenvalue weighted by Gasteiger charge is -2.36. The zero-order chi connectivity index (χ0) is 53.6. The van der Waals surface area contributed by atoms with Crippen molar-refractivity contribution in [2.75, 3.05) is 44.9 Å². The molecule has 0 spiro atoms. The van der Waals surface area contributed by atoms with Crippen molar-refractivity contribution in [3.05, 3.63) is 70.8 Å². The van der Waals surface area contributed by atoms with Gasteiger partial charge in [-0.25, -0.2) is 0 Å². The molecule has 2 aliphatic heterocycles. The minimum Gasteiger partial charge on any atom is -0.467 e. The van der Waals surface area contributed by atoms with Crippen LogP contribution in [0, 0.1) is 10.8 Å². The van der Waals surface area contributed by atoms with E-state index in [0.717, 1.165) is 49.7 Å². The summed E-state index contributed by atoms with van der Waals surface area (Å²) in [7, 11) is 4.77. The van der Waals surface area contributed by atoms with Gasteiger partial charge in [0.2, 0.25) is 47.3 Å². The maximum absolute atomic E-state index is 14.8. The average molecular weight is 1020 g/mol. The highest BCUT2D eigenvalue weighted by molar-refractivity contribution is 5.95. The summed E-state index contributed by atoms with van der Waals surface area (Å²) in [4.78, 5) is 102. The molecular weight excluding hydrogens is 943 g/mol. The lowest BCUT2D eigenvalue weighted by Crippen LogP contribution is -2.59. The Balaban J connectivity index is 1.15. The minimum atomic E-state index is -0.961. The Morgan fingerprint density at radius 2 is 1.00 bits per heavy atom. The summed E-state index contributed by atoms with van der Waals surface area (Å²) in [5.74, 6) is -1.88. The number of hydrogen-bond acceptors (Lipinski definition) is 14. The van der Waals surface area contributed by atoms with E-state index in [1.807, 2.05) is 77.9 Å². The van der Waals surface area contributed by atoms with Crippen LogP contribution < -0.4 is 47.3 Å². The Labute approximate surface area is 435 Å². The second kappa shape index (κ2) is 23.4. The van der Waals surface area contributed by atoms with E-state index < -0.39 is 71.0 Å². The third kappa shape index (κ3) is 12.9. The smallest absolute Gasteiger partial charge is 0.322 e. The molecule has 3 aromatic rings. The van der Waals surface area contributed by atoms with Crippen LogP contribution in [0.4, 0.5) is 11.9 Å². The molecule has 6 amide bonds. The van der Waals surface area contributed by atoms with Crippen LogP contribution >= 0.6 is 0 Å². The first-order chi connectivity index (χ1) is 35.1. The van der Waals surface area contributed by atoms with Crippen LogP contribution in [0.15, 0.2) is 48.5 Å². The zero-order valence-electron chi connectivity index (χ0n) is 45.1. The van der Waals surface area contributed by atoms with Gasteiger partial charge in [-0.1, -0.05) is 90.1 Å². The Hall–Kier alpha value is -6.41. The Morgan fingerprint density at radius 1 is 0.608 bits per heavy atom.